The molecule has 3 N–H and O–H groups in total. The molecule has 0 aromatic carbocycles. The van der Waals surface area contributed by atoms with Crippen LogP contribution in [0.15, 0.2) is 0 Å². The van der Waals surface area contributed by atoms with Crippen LogP contribution >= 0.6 is 12.2 Å². The van der Waals surface area contributed by atoms with Gasteiger partial charge in [0.25, 0.3) is 0 Å². The van der Waals surface area contributed by atoms with Crippen LogP contribution in [0.25, 0.3) is 0 Å². The van der Waals surface area contributed by atoms with E-state index in [9.17, 15) is 4.79 Å². The van der Waals surface area contributed by atoms with Crippen LogP contribution in [-0.4, -0.2) is 30.2 Å². The van der Waals surface area contributed by atoms with Crippen LogP contribution in [0.3, 0.4) is 0 Å². The number of rotatable bonds is 8. The maximum atomic E-state index is 11.9. The molecule has 1 amide bonds. The molecular formula is C14H26N2O2S. The Hall–Kier alpha value is -0.680. The van der Waals surface area contributed by atoms with Gasteiger partial charge in [0.1, 0.15) is 0 Å². The summed E-state index contributed by atoms with van der Waals surface area (Å²) in [6, 6.07) is -0.144. The van der Waals surface area contributed by atoms with E-state index >= 15 is 0 Å². The minimum Gasteiger partial charge on any atom is -0.392 e. The molecule has 4 nitrogen and oxygen atoms in total. The fourth-order valence-electron chi connectivity index (χ4n) is 2.55. The molecule has 110 valence electrons. The maximum Gasteiger partial charge on any atom is 0.222 e. The molecule has 0 aliphatic heterocycles. The lowest BCUT2D eigenvalue weighted by Gasteiger charge is -2.30. The van der Waals surface area contributed by atoms with E-state index in [0.29, 0.717) is 30.5 Å². The predicted molar refractivity (Wildman–Crippen MR) is 81.0 cm³/mol. The van der Waals surface area contributed by atoms with Crippen molar-refractivity contribution in [3.8, 4) is 0 Å². The zero-order valence-electron chi connectivity index (χ0n) is 11.8. The summed E-state index contributed by atoms with van der Waals surface area (Å²) >= 11 is 5.10. The maximum absolute atomic E-state index is 11.9. The summed E-state index contributed by atoms with van der Waals surface area (Å²) in [7, 11) is 0. The molecule has 1 atom stereocenters. The van der Waals surface area contributed by atoms with E-state index in [1.807, 2.05) is 6.92 Å². The third-order valence-corrected chi connectivity index (χ3v) is 3.82. The highest BCUT2D eigenvalue weighted by Crippen LogP contribution is 2.26. The summed E-state index contributed by atoms with van der Waals surface area (Å²) in [5.74, 6) is 0.395. The average Bonchev–Trinajstić information content (AvgIpc) is 2.41. The van der Waals surface area contributed by atoms with Crippen LogP contribution in [0.5, 0.6) is 0 Å². The van der Waals surface area contributed by atoms with Gasteiger partial charge < -0.3 is 15.8 Å². The molecule has 0 spiro atoms. The largest absolute Gasteiger partial charge is 0.392 e. The van der Waals surface area contributed by atoms with E-state index in [2.05, 4.69) is 5.32 Å². The molecule has 0 bridgehead atoms. The normalized spacial score (nSPS) is 17.9. The third-order valence-electron chi connectivity index (χ3n) is 3.57. The first kappa shape index (κ1) is 16.4. The molecule has 1 saturated carbocycles. The Morgan fingerprint density at radius 1 is 1.37 bits per heavy atom. The second kappa shape index (κ2) is 9.26. The number of hydrogen-bond donors (Lipinski definition) is 2. The van der Waals surface area contributed by atoms with Crippen molar-refractivity contribution in [3.05, 3.63) is 0 Å². The fourth-order valence-corrected chi connectivity index (χ4v) is 2.80. The fraction of sp³-hybridized carbons (Fsp3) is 0.857. The average molecular weight is 286 g/mol. The highest BCUT2D eigenvalue weighted by molar-refractivity contribution is 7.80. The van der Waals surface area contributed by atoms with Gasteiger partial charge in [0, 0.05) is 13.0 Å². The Morgan fingerprint density at radius 3 is 2.63 bits per heavy atom. The van der Waals surface area contributed by atoms with E-state index < -0.39 is 0 Å². The minimum atomic E-state index is -0.144. The standard InChI is InChI=1S/C14H26N2O2S/c1-2-9-18-10-8-12(17)16-13(14(15)19)11-6-4-3-5-7-11/h11,13H,2-10H2,1H3,(H2,15,19)(H,16,17). The van der Waals surface area contributed by atoms with Crippen LogP contribution in [0.1, 0.15) is 51.9 Å². The second-order valence-electron chi connectivity index (χ2n) is 5.21. The van der Waals surface area contributed by atoms with Crippen molar-refractivity contribution in [1.29, 1.82) is 0 Å². The third kappa shape index (κ3) is 6.34. The lowest BCUT2D eigenvalue weighted by molar-refractivity contribution is -0.122. The zero-order valence-corrected chi connectivity index (χ0v) is 12.6. The Labute approximate surface area is 121 Å². The molecule has 1 aliphatic carbocycles. The van der Waals surface area contributed by atoms with Crippen molar-refractivity contribution in [2.75, 3.05) is 13.2 Å². The molecule has 0 aromatic rings. The van der Waals surface area contributed by atoms with Gasteiger partial charge in [-0.15, -0.1) is 0 Å². The second-order valence-corrected chi connectivity index (χ2v) is 5.68. The predicted octanol–water partition coefficient (Wildman–Crippen LogP) is 2.15. The van der Waals surface area contributed by atoms with Gasteiger partial charge in [-0.25, -0.2) is 0 Å². The first-order chi connectivity index (χ1) is 9.15. The number of amides is 1. The molecule has 1 aliphatic rings. The van der Waals surface area contributed by atoms with Crippen LogP contribution in [0.2, 0.25) is 0 Å². The van der Waals surface area contributed by atoms with Crippen molar-refractivity contribution in [1.82, 2.24) is 5.32 Å². The summed E-state index contributed by atoms with van der Waals surface area (Å²) < 4.78 is 5.32. The van der Waals surface area contributed by atoms with E-state index in [-0.39, 0.29) is 11.9 Å². The van der Waals surface area contributed by atoms with Crippen molar-refractivity contribution in [2.45, 2.75) is 57.9 Å². The van der Waals surface area contributed by atoms with Crippen molar-refractivity contribution in [3.63, 3.8) is 0 Å². The number of ether oxygens (including phenoxy) is 1. The molecule has 19 heavy (non-hydrogen) atoms. The molecule has 0 aromatic heterocycles. The number of carbonyl (C=O) groups is 1. The highest BCUT2D eigenvalue weighted by Gasteiger charge is 2.26. The molecule has 1 rings (SSSR count). The lowest BCUT2D eigenvalue weighted by atomic mass is 9.84. The molecule has 1 fully saturated rings. The number of nitrogens with one attached hydrogen (secondary N) is 1. The number of thiocarbonyl (C=S) groups is 1. The zero-order chi connectivity index (χ0) is 14.1. The van der Waals surface area contributed by atoms with Crippen LogP contribution in [-0.2, 0) is 9.53 Å². The number of nitrogens with two attached hydrogens (primary N) is 1. The van der Waals surface area contributed by atoms with Gasteiger partial charge in [-0.3, -0.25) is 4.79 Å². The minimum absolute atomic E-state index is 0.0144. The molecule has 5 heteroatoms. The summed E-state index contributed by atoms with van der Waals surface area (Å²) in [5, 5.41) is 2.98. The summed E-state index contributed by atoms with van der Waals surface area (Å²) in [4.78, 5) is 12.3. The van der Waals surface area contributed by atoms with E-state index in [4.69, 9.17) is 22.7 Å². The Balaban J connectivity index is 2.35. The van der Waals surface area contributed by atoms with Crippen LogP contribution < -0.4 is 11.1 Å². The molecule has 0 heterocycles. The molecular weight excluding hydrogens is 260 g/mol. The SMILES string of the molecule is CCCOCCC(=O)NC(C(N)=S)C1CCCCC1. The van der Waals surface area contributed by atoms with Crippen LogP contribution in [0, 0.1) is 5.92 Å². The van der Waals surface area contributed by atoms with E-state index in [0.717, 1.165) is 19.3 Å². The molecule has 0 radical (unpaired) electrons. The Kier molecular flexibility index (Phi) is 7.98. The van der Waals surface area contributed by atoms with E-state index in [1.165, 1.54) is 19.3 Å². The number of carbonyl (C=O) groups excluding carboxylic acids is 1. The van der Waals surface area contributed by atoms with Crippen molar-refractivity contribution in [2.24, 2.45) is 11.7 Å². The summed E-state index contributed by atoms with van der Waals surface area (Å²) in [6.45, 7) is 3.22. The Morgan fingerprint density at radius 2 is 2.05 bits per heavy atom. The monoisotopic (exact) mass is 286 g/mol. The van der Waals surface area contributed by atoms with Crippen LogP contribution in [0.4, 0.5) is 0 Å². The highest BCUT2D eigenvalue weighted by atomic mass is 32.1. The van der Waals surface area contributed by atoms with Gasteiger partial charge in [-0.05, 0) is 25.2 Å². The topological polar surface area (TPSA) is 64.3 Å². The Bertz CT molecular complexity index is 291. The quantitative estimate of drug-likeness (QED) is 0.530. The van der Waals surface area contributed by atoms with Gasteiger partial charge in [-0.2, -0.15) is 0 Å². The summed E-state index contributed by atoms with van der Waals surface area (Å²) in [6.07, 6.45) is 7.26. The van der Waals surface area contributed by atoms with Gasteiger partial charge in [0.2, 0.25) is 5.91 Å². The van der Waals surface area contributed by atoms with Gasteiger partial charge >= 0.3 is 0 Å². The molecule has 1 unspecified atom stereocenters. The van der Waals surface area contributed by atoms with Gasteiger partial charge in [-0.1, -0.05) is 38.4 Å². The molecule has 0 saturated heterocycles. The first-order valence-corrected chi connectivity index (χ1v) is 7.72. The summed E-state index contributed by atoms with van der Waals surface area (Å²) in [5.41, 5.74) is 5.78. The lowest BCUT2D eigenvalue weighted by Crippen LogP contribution is -2.49. The van der Waals surface area contributed by atoms with E-state index in [1.54, 1.807) is 0 Å². The van der Waals surface area contributed by atoms with Gasteiger partial charge in [0.05, 0.1) is 17.6 Å². The smallest absolute Gasteiger partial charge is 0.222 e. The number of hydrogen-bond acceptors (Lipinski definition) is 3. The van der Waals surface area contributed by atoms with Crippen molar-refractivity contribution < 1.29 is 9.53 Å². The van der Waals surface area contributed by atoms with Crippen molar-refractivity contribution >= 4 is 23.1 Å². The van der Waals surface area contributed by atoms with Gasteiger partial charge in [0.15, 0.2) is 0 Å². The first-order valence-electron chi connectivity index (χ1n) is 7.31.